The second kappa shape index (κ2) is 10.0. The second-order valence-electron chi connectivity index (χ2n) is 4.60. The minimum atomic E-state index is -1.33. The van der Waals surface area contributed by atoms with Gasteiger partial charge in [0.2, 0.25) is 0 Å². The van der Waals surface area contributed by atoms with Crippen molar-refractivity contribution in [2.75, 3.05) is 13.2 Å². The van der Waals surface area contributed by atoms with Crippen LogP contribution in [0, 0.1) is 10.1 Å². The first kappa shape index (κ1) is 14.4. The predicted octanol–water partition coefficient (Wildman–Crippen LogP) is 1.60. The van der Waals surface area contributed by atoms with Crippen LogP contribution in [0.15, 0.2) is 24.2 Å². The number of rotatable bonds is 9. The fourth-order valence-electron chi connectivity index (χ4n) is 1.73. The summed E-state index contributed by atoms with van der Waals surface area (Å²) >= 11 is 0. The van der Waals surface area contributed by atoms with Gasteiger partial charge in [0.15, 0.2) is 0 Å². The number of ether oxygens (including phenoxy) is 2. The normalized spacial score (nSPS) is 13.5. The summed E-state index contributed by atoms with van der Waals surface area (Å²) in [6.45, 7) is 3.24. The summed E-state index contributed by atoms with van der Waals surface area (Å²) in [5.74, 6) is -2.66. The molecule has 1 N–H and O–H groups in total. The van der Waals surface area contributed by atoms with E-state index in [1.165, 1.54) is 6.92 Å². The Kier molecular flexibility index (Phi) is 5.76. The Morgan fingerprint density at radius 2 is 1.80 bits per heavy atom. The van der Waals surface area contributed by atoms with E-state index in [1.54, 1.807) is 6.92 Å². The minimum absolute atomic E-state index is 0.0106. The first-order valence-electron chi connectivity index (χ1n) is 9.44. The molecular formula is C16H20N2O7. The molecular weight excluding hydrogens is 332 g/mol. The molecule has 1 rings (SSSR count). The van der Waals surface area contributed by atoms with Gasteiger partial charge < -0.3 is 14.8 Å². The number of hydrogen-bond acceptors (Lipinski definition) is 7. The largest absolute Gasteiger partial charge is 0.466 e. The van der Waals surface area contributed by atoms with Gasteiger partial charge in [0.1, 0.15) is 6.04 Å². The van der Waals surface area contributed by atoms with E-state index in [2.05, 4.69) is 5.32 Å². The van der Waals surface area contributed by atoms with Crippen LogP contribution in [0.25, 0.3) is 0 Å². The molecule has 0 aromatic heterocycles. The van der Waals surface area contributed by atoms with E-state index < -0.39 is 64.2 Å². The Hall–Kier alpha value is -2.97. The van der Waals surface area contributed by atoms with Crippen molar-refractivity contribution in [3.8, 4) is 0 Å². The van der Waals surface area contributed by atoms with Crippen molar-refractivity contribution in [1.82, 2.24) is 5.32 Å². The molecule has 0 saturated carbocycles. The van der Waals surface area contributed by atoms with Crippen LogP contribution in [0.2, 0.25) is 0 Å². The summed E-state index contributed by atoms with van der Waals surface area (Å²) in [6, 6.07) is -5.18. The van der Waals surface area contributed by atoms with Gasteiger partial charge in [-0.05, 0) is 32.4 Å². The first-order valence-corrected chi connectivity index (χ1v) is 7.44. The molecule has 9 heteroatoms. The Labute approximate surface area is 150 Å². The number of nitro groups is 1. The number of nitrogens with zero attached hydrogens (tertiary/aromatic N) is 1. The fraction of sp³-hybridized carbons (Fsp3) is 0.438. The topological polar surface area (TPSA) is 125 Å². The zero-order chi connectivity index (χ0) is 22.3. The lowest BCUT2D eigenvalue weighted by atomic mass is 10.1. The molecule has 0 heterocycles. The molecule has 25 heavy (non-hydrogen) atoms. The summed E-state index contributed by atoms with van der Waals surface area (Å²) in [5, 5.41) is 13.2. The molecule has 0 aliphatic rings. The van der Waals surface area contributed by atoms with E-state index in [-0.39, 0.29) is 26.1 Å². The smallest absolute Gasteiger partial charge is 0.328 e. The van der Waals surface area contributed by atoms with Crippen LogP contribution in [-0.2, 0) is 19.1 Å². The molecule has 0 saturated heterocycles. The molecule has 0 spiro atoms. The third-order valence-electron chi connectivity index (χ3n) is 2.84. The lowest BCUT2D eigenvalue weighted by Gasteiger charge is -2.17. The predicted molar refractivity (Wildman–Crippen MR) is 86.9 cm³/mol. The van der Waals surface area contributed by atoms with Gasteiger partial charge in [-0.1, -0.05) is 0 Å². The molecule has 136 valence electrons. The molecule has 9 nitrogen and oxygen atoms in total. The van der Waals surface area contributed by atoms with E-state index >= 15 is 0 Å². The van der Waals surface area contributed by atoms with Crippen LogP contribution < -0.4 is 5.32 Å². The summed E-state index contributed by atoms with van der Waals surface area (Å²) in [7, 11) is 0. The first-order chi connectivity index (χ1) is 13.6. The second-order valence-corrected chi connectivity index (χ2v) is 4.60. The number of carbonyl (C=O) groups is 3. The van der Waals surface area contributed by atoms with Crippen LogP contribution in [0.3, 0.4) is 0 Å². The van der Waals surface area contributed by atoms with Crippen LogP contribution in [0.1, 0.15) is 42.5 Å². The van der Waals surface area contributed by atoms with Crippen LogP contribution in [0.4, 0.5) is 5.69 Å². The van der Waals surface area contributed by atoms with Crippen LogP contribution in [-0.4, -0.2) is 42.0 Å². The van der Waals surface area contributed by atoms with E-state index in [0.717, 1.165) is 0 Å². The quantitative estimate of drug-likeness (QED) is 0.405. The van der Waals surface area contributed by atoms with Gasteiger partial charge in [-0.2, -0.15) is 0 Å². The molecule has 0 fully saturated rings. The van der Waals surface area contributed by atoms with Gasteiger partial charge >= 0.3 is 11.9 Å². The van der Waals surface area contributed by atoms with E-state index in [9.17, 15) is 24.5 Å². The monoisotopic (exact) mass is 356 g/mol. The zero-order valence-corrected chi connectivity index (χ0v) is 13.7. The summed E-state index contributed by atoms with van der Waals surface area (Å²) in [6.07, 6.45) is -0.425. The standard InChI is InChI=1S/C16H20N2O7/c1-3-24-14(19)10-9-13(16(21)25-4-2)17-15(20)11-5-7-12(8-6-11)18(22)23/h5-8,13H,3-4,9-10H2,1-2H3,(H,17,20)/i5D,6D,7D,8D. The van der Waals surface area contributed by atoms with Crippen molar-refractivity contribution in [3.63, 3.8) is 0 Å². The Bertz CT molecular complexity index is 803. The number of hydrogen-bond donors (Lipinski definition) is 1. The van der Waals surface area contributed by atoms with Gasteiger partial charge in [-0.15, -0.1) is 0 Å². The van der Waals surface area contributed by atoms with Crippen molar-refractivity contribution in [3.05, 3.63) is 39.8 Å². The highest BCUT2D eigenvalue weighted by Gasteiger charge is 2.24. The highest BCUT2D eigenvalue weighted by atomic mass is 16.6. The third-order valence-corrected chi connectivity index (χ3v) is 2.84. The molecule has 0 aliphatic carbocycles. The van der Waals surface area contributed by atoms with E-state index in [4.69, 9.17) is 15.0 Å². The SMILES string of the molecule is [2H]c1c([2H])c([N+](=O)[O-])c([2H])c([2H])c1C(=O)NC(CCC(=O)OCC)C(=O)OCC. The zero-order valence-electron chi connectivity index (χ0n) is 17.7. The maximum Gasteiger partial charge on any atom is 0.328 e. The van der Waals surface area contributed by atoms with Crippen molar-refractivity contribution in [2.24, 2.45) is 0 Å². The van der Waals surface area contributed by atoms with Gasteiger partial charge in [0.05, 0.1) is 23.6 Å². The van der Waals surface area contributed by atoms with E-state index in [0.29, 0.717) is 0 Å². The Balaban J connectivity index is 3.21. The summed E-state index contributed by atoms with van der Waals surface area (Å²) in [5.41, 5.74) is -1.84. The molecule has 1 atom stereocenters. The summed E-state index contributed by atoms with van der Waals surface area (Å²) in [4.78, 5) is 46.0. The molecule has 0 radical (unpaired) electrons. The van der Waals surface area contributed by atoms with Gasteiger partial charge in [0.25, 0.3) is 11.6 Å². The molecule has 0 bridgehead atoms. The molecule has 1 unspecified atom stereocenters. The van der Waals surface area contributed by atoms with Gasteiger partial charge in [-0.3, -0.25) is 19.7 Å². The van der Waals surface area contributed by atoms with E-state index in [1.807, 2.05) is 0 Å². The van der Waals surface area contributed by atoms with Gasteiger partial charge in [-0.25, -0.2) is 4.79 Å². The van der Waals surface area contributed by atoms with Crippen molar-refractivity contribution in [2.45, 2.75) is 32.7 Å². The minimum Gasteiger partial charge on any atom is -0.466 e. The number of amides is 1. The lowest BCUT2D eigenvalue weighted by Crippen LogP contribution is -2.42. The van der Waals surface area contributed by atoms with Crippen molar-refractivity contribution >= 4 is 23.5 Å². The number of esters is 2. The maximum absolute atomic E-state index is 12.5. The Morgan fingerprint density at radius 3 is 2.32 bits per heavy atom. The molecule has 1 aromatic rings. The Morgan fingerprint density at radius 1 is 1.20 bits per heavy atom. The number of carbonyl (C=O) groups excluding carboxylic acids is 3. The highest BCUT2D eigenvalue weighted by molar-refractivity contribution is 5.97. The fourth-order valence-corrected chi connectivity index (χ4v) is 1.73. The highest BCUT2D eigenvalue weighted by Crippen LogP contribution is 2.12. The average molecular weight is 356 g/mol. The van der Waals surface area contributed by atoms with Gasteiger partial charge in [0, 0.05) is 24.1 Å². The van der Waals surface area contributed by atoms with Crippen LogP contribution in [0.5, 0.6) is 0 Å². The average Bonchev–Trinajstić information content (AvgIpc) is 2.64. The number of nitro benzene ring substituents is 1. The number of benzene rings is 1. The molecule has 0 aliphatic heterocycles. The van der Waals surface area contributed by atoms with Crippen LogP contribution >= 0.6 is 0 Å². The summed E-state index contributed by atoms with van der Waals surface area (Å²) < 4.78 is 40.5. The van der Waals surface area contributed by atoms with Crippen molar-refractivity contribution in [1.29, 1.82) is 0 Å². The third kappa shape index (κ3) is 6.58. The molecule has 1 amide bonds. The van der Waals surface area contributed by atoms with Crippen molar-refractivity contribution < 1.29 is 34.3 Å². The number of nitrogens with one attached hydrogen (secondary N) is 1. The molecule has 1 aromatic carbocycles. The maximum atomic E-state index is 12.5. The lowest BCUT2D eigenvalue weighted by molar-refractivity contribution is -0.384.